The second kappa shape index (κ2) is 55.4. The van der Waals surface area contributed by atoms with Gasteiger partial charge in [0.2, 0.25) is 5.91 Å². The van der Waals surface area contributed by atoms with Gasteiger partial charge >= 0.3 is 0 Å². The molecular weight excluding hydrogens is 948 g/mol. The molecule has 0 aliphatic rings. The molecular formula is C66H113N2O6P. The highest BCUT2D eigenvalue weighted by atomic mass is 31.2. The van der Waals surface area contributed by atoms with Gasteiger partial charge in [-0.1, -0.05) is 257 Å². The molecule has 0 saturated carbocycles. The minimum absolute atomic E-state index is 0.0249. The zero-order chi connectivity index (χ0) is 54.9. The van der Waals surface area contributed by atoms with Gasteiger partial charge < -0.3 is 28.8 Å². The third-order valence-corrected chi connectivity index (χ3v) is 13.6. The molecule has 0 radical (unpaired) electrons. The van der Waals surface area contributed by atoms with Gasteiger partial charge in [-0.2, -0.15) is 0 Å². The van der Waals surface area contributed by atoms with Crippen molar-refractivity contribution < 1.29 is 32.9 Å². The van der Waals surface area contributed by atoms with E-state index in [0.717, 1.165) is 83.5 Å². The Kier molecular flexibility index (Phi) is 52.9. The Bertz CT molecular complexity index is 1680. The van der Waals surface area contributed by atoms with Gasteiger partial charge in [0.15, 0.2) is 0 Å². The molecule has 2 N–H and O–H groups in total. The van der Waals surface area contributed by atoms with Crippen LogP contribution in [0.2, 0.25) is 0 Å². The Balaban J connectivity index is 4.40. The number of aliphatic hydroxyl groups is 1. The average molecular weight is 1060 g/mol. The molecule has 0 bridgehead atoms. The van der Waals surface area contributed by atoms with Crippen molar-refractivity contribution in [2.45, 2.75) is 238 Å². The van der Waals surface area contributed by atoms with Crippen LogP contribution < -0.4 is 10.2 Å². The summed E-state index contributed by atoms with van der Waals surface area (Å²) in [6.07, 6.45) is 84.0. The lowest BCUT2D eigenvalue weighted by molar-refractivity contribution is -0.870. The van der Waals surface area contributed by atoms with Gasteiger partial charge in [-0.3, -0.25) is 9.36 Å². The summed E-state index contributed by atoms with van der Waals surface area (Å²) in [6, 6.07) is -0.946. The van der Waals surface area contributed by atoms with E-state index in [0.29, 0.717) is 17.4 Å². The summed E-state index contributed by atoms with van der Waals surface area (Å²) in [4.78, 5) is 25.5. The van der Waals surface area contributed by atoms with Gasteiger partial charge in [0.1, 0.15) is 13.2 Å². The van der Waals surface area contributed by atoms with Gasteiger partial charge in [0, 0.05) is 6.42 Å². The van der Waals surface area contributed by atoms with Crippen LogP contribution in [0, 0.1) is 0 Å². The number of quaternary nitrogens is 1. The molecule has 0 aromatic heterocycles. The maximum Gasteiger partial charge on any atom is 0.268 e. The molecule has 0 spiro atoms. The van der Waals surface area contributed by atoms with Crippen LogP contribution in [0.1, 0.15) is 226 Å². The number of carbonyl (C=O) groups is 1. The summed E-state index contributed by atoms with van der Waals surface area (Å²) < 4.78 is 23.3. The summed E-state index contributed by atoms with van der Waals surface area (Å²) in [7, 11) is 1.19. The lowest BCUT2D eigenvalue weighted by atomic mass is 10.0. The van der Waals surface area contributed by atoms with Gasteiger partial charge in [0.05, 0.1) is 39.9 Å². The number of allylic oxidation sites excluding steroid dienone is 21. The number of nitrogens with one attached hydrogen (secondary N) is 1. The Hall–Kier alpha value is -3.36. The van der Waals surface area contributed by atoms with Crippen LogP contribution >= 0.6 is 7.82 Å². The minimum atomic E-state index is -4.63. The quantitative estimate of drug-likeness (QED) is 0.0272. The molecule has 0 saturated heterocycles. The van der Waals surface area contributed by atoms with E-state index in [1.807, 2.05) is 27.2 Å². The highest BCUT2D eigenvalue weighted by Gasteiger charge is 2.23. The van der Waals surface area contributed by atoms with Crippen molar-refractivity contribution in [3.63, 3.8) is 0 Å². The van der Waals surface area contributed by atoms with Gasteiger partial charge in [-0.25, -0.2) is 0 Å². The SMILES string of the molecule is CC/C=C\C/C=C\C/C=C\C/C=C\C/C=C\C/C=C\C/C=C\C/C=C\C/C=C\CCCC(=O)NC(COP(=O)([O-])OCC[N+](C)(C)C)C(O)/C=C/CC/C=C/CCCCCCCCCCCCCCCCCCCC. The molecule has 3 unspecified atom stereocenters. The first-order valence-electron chi connectivity index (χ1n) is 30.0. The van der Waals surface area contributed by atoms with Crippen LogP contribution in [0.5, 0.6) is 0 Å². The first-order valence-corrected chi connectivity index (χ1v) is 31.5. The molecule has 0 fully saturated rings. The average Bonchev–Trinajstić information content (AvgIpc) is 3.37. The number of phosphoric ester groups is 1. The van der Waals surface area contributed by atoms with Crippen molar-refractivity contribution in [2.24, 2.45) is 0 Å². The van der Waals surface area contributed by atoms with E-state index in [2.05, 4.69) is 141 Å². The summed E-state index contributed by atoms with van der Waals surface area (Å²) in [6.45, 7) is 4.47. The lowest BCUT2D eigenvalue weighted by Gasteiger charge is -2.29. The number of carbonyl (C=O) groups excluding carboxylic acids is 1. The van der Waals surface area contributed by atoms with Crippen LogP contribution in [-0.4, -0.2) is 68.5 Å². The molecule has 0 aliphatic heterocycles. The number of likely N-dealkylation sites (N-methyl/N-ethyl adjacent to an activating group) is 1. The normalized spacial score (nSPS) is 14.8. The van der Waals surface area contributed by atoms with Crippen molar-refractivity contribution in [2.75, 3.05) is 40.9 Å². The number of hydrogen-bond acceptors (Lipinski definition) is 6. The number of nitrogens with zero attached hydrogens (tertiary/aromatic N) is 1. The van der Waals surface area contributed by atoms with E-state index in [1.54, 1.807) is 6.08 Å². The predicted octanol–water partition coefficient (Wildman–Crippen LogP) is 18.1. The molecule has 0 aromatic carbocycles. The highest BCUT2D eigenvalue weighted by molar-refractivity contribution is 7.45. The van der Waals surface area contributed by atoms with Crippen molar-refractivity contribution in [3.8, 4) is 0 Å². The largest absolute Gasteiger partial charge is 0.756 e. The zero-order valence-electron chi connectivity index (χ0n) is 48.7. The molecule has 0 rings (SSSR count). The molecule has 428 valence electrons. The van der Waals surface area contributed by atoms with Gasteiger partial charge in [-0.05, 0) is 96.3 Å². The summed E-state index contributed by atoms with van der Waals surface area (Å²) in [5.41, 5.74) is 0. The van der Waals surface area contributed by atoms with Crippen molar-refractivity contribution >= 4 is 13.7 Å². The number of aliphatic hydroxyl groups excluding tert-OH is 1. The fraction of sp³-hybridized carbons (Fsp3) is 0.652. The Morgan fingerprint density at radius 1 is 0.480 bits per heavy atom. The minimum Gasteiger partial charge on any atom is -0.756 e. The van der Waals surface area contributed by atoms with Crippen LogP contribution in [0.4, 0.5) is 0 Å². The van der Waals surface area contributed by atoms with Crippen LogP contribution in [0.25, 0.3) is 0 Å². The standard InChI is InChI=1S/C66H113N2O6P/c1-6-8-10-12-14-16-18-20-22-24-26-28-30-32-33-34-35-36-38-40-42-44-46-48-50-52-54-56-58-60-66(70)67-64(63-74-75(71,72)73-62-61-68(3,4)5)65(69)59-57-55-53-51-49-47-45-43-41-39-37-31-29-27-25-23-21-19-17-15-13-11-9-7-2/h8,10,14,16,20,22,26,28,32-33,35-36,40,42,46,48-49,51-52,54,57,59,64-65,69H,6-7,9,11-13,15,17-19,21,23-25,27,29-31,34,37-39,41,43-45,47,50,53,55-56,58,60-63H2,1-5H3,(H-,67,70,71,72)/b10-8-,16-14-,22-20-,28-26-,33-32-,36-35-,42-40-,48-46-,51-49+,54-52-,59-57+. The molecule has 1 amide bonds. The summed E-state index contributed by atoms with van der Waals surface area (Å²) >= 11 is 0. The molecule has 0 heterocycles. The van der Waals surface area contributed by atoms with E-state index in [9.17, 15) is 19.4 Å². The zero-order valence-corrected chi connectivity index (χ0v) is 49.6. The summed E-state index contributed by atoms with van der Waals surface area (Å²) in [5.74, 6) is -0.269. The number of phosphoric acid groups is 1. The van der Waals surface area contributed by atoms with Gasteiger partial charge in [0.25, 0.3) is 7.82 Å². The predicted molar refractivity (Wildman–Crippen MR) is 325 cm³/mol. The lowest BCUT2D eigenvalue weighted by Crippen LogP contribution is -2.45. The molecule has 8 nitrogen and oxygen atoms in total. The smallest absolute Gasteiger partial charge is 0.268 e. The number of amides is 1. The van der Waals surface area contributed by atoms with E-state index in [1.165, 1.54) is 116 Å². The fourth-order valence-corrected chi connectivity index (χ4v) is 8.66. The van der Waals surface area contributed by atoms with Gasteiger partial charge in [-0.15, -0.1) is 0 Å². The highest BCUT2D eigenvalue weighted by Crippen LogP contribution is 2.38. The van der Waals surface area contributed by atoms with E-state index in [4.69, 9.17) is 9.05 Å². The van der Waals surface area contributed by atoms with E-state index < -0.39 is 26.6 Å². The van der Waals surface area contributed by atoms with E-state index in [-0.39, 0.29) is 18.9 Å². The molecule has 75 heavy (non-hydrogen) atoms. The van der Waals surface area contributed by atoms with Crippen molar-refractivity contribution in [3.05, 3.63) is 134 Å². The van der Waals surface area contributed by atoms with Crippen LogP contribution in [0.15, 0.2) is 134 Å². The van der Waals surface area contributed by atoms with Crippen LogP contribution in [0.3, 0.4) is 0 Å². The second-order valence-electron chi connectivity index (χ2n) is 21.0. The number of rotatable bonds is 53. The first-order chi connectivity index (χ1) is 36.5. The summed E-state index contributed by atoms with van der Waals surface area (Å²) in [5, 5.41) is 13.8. The Morgan fingerprint density at radius 2 is 0.827 bits per heavy atom. The molecule has 9 heteroatoms. The maximum atomic E-state index is 13.0. The second-order valence-corrected chi connectivity index (χ2v) is 22.4. The topological polar surface area (TPSA) is 108 Å². The fourth-order valence-electron chi connectivity index (χ4n) is 7.93. The van der Waals surface area contributed by atoms with Crippen LogP contribution in [-0.2, 0) is 18.4 Å². The monoisotopic (exact) mass is 1060 g/mol. The third kappa shape index (κ3) is 58.2. The molecule has 0 aromatic rings. The van der Waals surface area contributed by atoms with Crippen molar-refractivity contribution in [1.82, 2.24) is 5.32 Å². The Labute approximate surface area is 462 Å². The Morgan fingerprint density at radius 3 is 1.24 bits per heavy atom. The number of unbranched alkanes of at least 4 members (excludes halogenated alkanes) is 20. The maximum absolute atomic E-state index is 13.0. The van der Waals surface area contributed by atoms with E-state index >= 15 is 0 Å². The first kappa shape index (κ1) is 71.6. The van der Waals surface area contributed by atoms with Crippen molar-refractivity contribution in [1.29, 1.82) is 0 Å². The third-order valence-electron chi connectivity index (χ3n) is 12.6. The molecule has 3 atom stereocenters. The number of hydrogen-bond donors (Lipinski definition) is 2. The molecule has 0 aliphatic carbocycles.